The number of rotatable bonds is 4. The highest BCUT2D eigenvalue weighted by Crippen LogP contribution is 2.38. The maximum atomic E-state index is 13.0. The molecular formula is C21H24N2O2. The topological polar surface area (TPSA) is 40.6 Å². The Morgan fingerprint density at radius 3 is 1.28 bits per heavy atom. The van der Waals surface area contributed by atoms with Gasteiger partial charge in [-0.25, -0.2) is 10.0 Å². The molecule has 2 aromatic carbocycles. The van der Waals surface area contributed by atoms with Gasteiger partial charge < -0.3 is 0 Å². The first-order valence-electron chi connectivity index (χ1n) is 8.77. The van der Waals surface area contributed by atoms with Crippen LogP contribution >= 0.6 is 0 Å². The van der Waals surface area contributed by atoms with E-state index in [1.54, 1.807) is 13.8 Å². The van der Waals surface area contributed by atoms with Crippen LogP contribution in [0.4, 0.5) is 11.4 Å². The fraction of sp³-hybridized carbons (Fsp3) is 0.333. The van der Waals surface area contributed by atoms with Gasteiger partial charge in [-0.2, -0.15) is 0 Å². The summed E-state index contributed by atoms with van der Waals surface area (Å²) in [6.45, 7) is 7.55. The molecule has 0 N–H and O–H groups in total. The predicted molar refractivity (Wildman–Crippen MR) is 100 cm³/mol. The Morgan fingerprint density at radius 1 is 0.680 bits per heavy atom. The first kappa shape index (κ1) is 17.2. The number of hydrogen-bond donors (Lipinski definition) is 0. The monoisotopic (exact) mass is 336 g/mol. The molecule has 25 heavy (non-hydrogen) atoms. The number of carbonyl (C=O) groups is 2. The average molecular weight is 336 g/mol. The quantitative estimate of drug-likeness (QED) is 0.788. The Labute approximate surface area is 149 Å². The molecule has 3 rings (SSSR count). The molecule has 4 heteroatoms. The molecule has 0 spiro atoms. The standard InChI is InChI=1S/C21H24N2O2/c1-5-15-7-11-17(12-8-15)22-19(24)21(3,4)20(25)23(22)18-13-9-16(6-2)10-14-18/h7-14H,5-6H2,1-4H3. The Balaban J connectivity index is 2.07. The molecule has 0 aliphatic carbocycles. The zero-order valence-corrected chi connectivity index (χ0v) is 15.2. The lowest BCUT2D eigenvalue weighted by Gasteiger charge is -2.28. The van der Waals surface area contributed by atoms with Crippen molar-refractivity contribution in [3.05, 3.63) is 59.7 Å². The van der Waals surface area contributed by atoms with Crippen molar-refractivity contribution in [2.75, 3.05) is 10.0 Å². The van der Waals surface area contributed by atoms with Crippen molar-refractivity contribution >= 4 is 23.2 Å². The molecule has 0 radical (unpaired) electrons. The van der Waals surface area contributed by atoms with Gasteiger partial charge in [-0.05, 0) is 62.1 Å². The lowest BCUT2D eigenvalue weighted by atomic mass is 9.92. The Bertz CT molecular complexity index is 724. The third-order valence-electron chi connectivity index (χ3n) is 4.83. The van der Waals surface area contributed by atoms with Crippen molar-refractivity contribution in [1.29, 1.82) is 0 Å². The molecule has 130 valence electrons. The van der Waals surface area contributed by atoms with Crippen LogP contribution in [0.25, 0.3) is 0 Å². The fourth-order valence-electron chi connectivity index (χ4n) is 3.01. The first-order valence-corrected chi connectivity index (χ1v) is 8.77. The van der Waals surface area contributed by atoms with Gasteiger partial charge in [0.25, 0.3) is 11.8 Å². The van der Waals surface area contributed by atoms with Crippen molar-refractivity contribution in [1.82, 2.24) is 0 Å². The zero-order valence-electron chi connectivity index (χ0n) is 15.2. The second-order valence-corrected chi connectivity index (χ2v) is 6.90. The molecule has 1 fully saturated rings. The molecule has 4 nitrogen and oxygen atoms in total. The summed E-state index contributed by atoms with van der Waals surface area (Å²) in [6.07, 6.45) is 1.86. The minimum Gasteiger partial charge on any atom is -0.271 e. The van der Waals surface area contributed by atoms with Gasteiger partial charge in [-0.3, -0.25) is 9.59 Å². The van der Waals surface area contributed by atoms with Gasteiger partial charge in [0.2, 0.25) is 0 Å². The second-order valence-electron chi connectivity index (χ2n) is 6.90. The summed E-state index contributed by atoms with van der Waals surface area (Å²) in [5, 5.41) is 3.01. The van der Waals surface area contributed by atoms with E-state index < -0.39 is 5.41 Å². The average Bonchev–Trinajstić information content (AvgIpc) is 2.82. The van der Waals surface area contributed by atoms with Crippen LogP contribution in [-0.2, 0) is 22.4 Å². The number of nitrogens with zero attached hydrogens (tertiary/aromatic N) is 2. The molecule has 2 amide bonds. The van der Waals surface area contributed by atoms with E-state index >= 15 is 0 Å². The zero-order chi connectivity index (χ0) is 18.2. The predicted octanol–water partition coefficient (Wildman–Crippen LogP) is 4.13. The van der Waals surface area contributed by atoms with E-state index in [1.165, 1.54) is 21.1 Å². The summed E-state index contributed by atoms with van der Waals surface area (Å²) in [5.74, 6) is -0.414. The van der Waals surface area contributed by atoms with Crippen LogP contribution in [0.5, 0.6) is 0 Å². The molecule has 1 aliphatic rings. The number of amides is 2. The molecule has 0 bridgehead atoms. The summed E-state index contributed by atoms with van der Waals surface area (Å²) in [4.78, 5) is 25.9. The minimum absolute atomic E-state index is 0.207. The van der Waals surface area contributed by atoms with E-state index in [2.05, 4.69) is 13.8 Å². The van der Waals surface area contributed by atoms with Gasteiger partial charge in [0.15, 0.2) is 0 Å². The van der Waals surface area contributed by atoms with E-state index in [9.17, 15) is 9.59 Å². The van der Waals surface area contributed by atoms with E-state index in [1.807, 2.05) is 48.5 Å². The van der Waals surface area contributed by atoms with Crippen LogP contribution in [0.15, 0.2) is 48.5 Å². The molecule has 0 saturated carbocycles. The van der Waals surface area contributed by atoms with Gasteiger partial charge in [-0.15, -0.1) is 0 Å². The number of carbonyl (C=O) groups excluding carboxylic acids is 2. The van der Waals surface area contributed by atoms with Gasteiger partial charge in [0.1, 0.15) is 5.41 Å². The van der Waals surface area contributed by atoms with E-state index in [4.69, 9.17) is 0 Å². The molecule has 0 aromatic heterocycles. The second kappa shape index (κ2) is 6.36. The normalized spacial score (nSPS) is 16.6. The summed E-state index contributed by atoms with van der Waals surface area (Å²) >= 11 is 0. The largest absolute Gasteiger partial charge is 0.271 e. The van der Waals surface area contributed by atoms with Crippen LogP contribution in [0.1, 0.15) is 38.8 Å². The Hall–Kier alpha value is -2.62. The summed E-state index contributed by atoms with van der Waals surface area (Å²) < 4.78 is 0. The molecule has 1 heterocycles. The summed E-state index contributed by atoms with van der Waals surface area (Å²) in [6, 6.07) is 15.6. The van der Waals surface area contributed by atoms with E-state index in [-0.39, 0.29) is 11.8 Å². The van der Waals surface area contributed by atoms with Crippen LogP contribution in [0.3, 0.4) is 0 Å². The van der Waals surface area contributed by atoms with Crippen LogP contribution in [-0.4, -0.2) is 11.8 Å². The lowest BCUT2D eigenvalue weighted by Crippen LogP contribution is -2.41. The number of aryl methyl sites for hydroxylation is 2. The van der Waals surface area contributed by atoms with Gasteiger partial charge >= 0.3 is 0 Å². The molecule has 1 aliphatic heterocycles. The lowest BCUT2D eigenvalue weighted by molar-refractivity contribution is -0.132. The first-order chi connectivity index (χ1) is 11.9. The SMILES string of the molecule is CCc1ccc(N2C(=O)C(C)(C)C(=O)N2c2ccc(CC)cc2)cc1. The fourth-order valence-corrected chi connectivity index (χ4v) is 3.01. The highest BCUT2D eigenvalue weighted by Gasteiger charge is 2.53. The third kappa shape index (κ3) is 2.82. The maximum Gasteiger partial charge on any atom is 0.261 e. The van der Waals surface area contributed by atoms with Gasteiger partial charge in [0.05, 0.1) is 11.4 Å². The van der Waals surface area contributed by atoms with Crippen LogP contribution < -0.4 is 10.0 Å². The Morgan fingerprint density at radius 2 is 1.00 bits per heavy atom. The number of hydrazine groups is 1. The van der Waals surface area contributed by atoms with Crippen LogP contribution in [0.2, 0.25) is 0 Å². The molecule has 0 atom stereocenters. The number of benzene rings is 2. The smallest absolute Gasteiger partial charge is 0.261 e. The van der Waals surface area contributed by atoms with E-state index in [0.717, 1.165) is 12.8 Å². The van der Waals surface area contributed by atoms with Crippen molar-refractivity contribution in [2.24, 2.45) is 5.41 Å². The number of anilines is 2. The van der Waals surface area contributed by atoms with Crippen molar-refractivity contribution in [2.45, 2.75) is 40.5 Å². The minimum atomic E-state index is -1.08. The number of hydrogen-bond acceptors (Lipinski definition) is 2. The van der Waals surface area contributed by atoms with Crippen molar-refractivity contribution < 1.29 is 9.59 Å². The maximum absolute atomic E-state index is 13.0. The third-order valence-corrected chi connectivity index (χ3v) is 4.83. The van der Waals surface area contributed by atoms with Gasteiger partial charge in [-0.1, -0.05) is 38.1 Å². The molecule has 2 aromatic rings. The Kier molecular flexibility index (Phi) is 4.38. The van der Waals surface area contributed by atoms with E-state index in [0.29, 0.717) is 11.4 Å². The van der Waals surface area contributed by atoms with Crippen LogP contribution in [0, 0.1) is 5.41 Å². The summed E-state index contributed by atoms with van der Waals surface area (Å²) in [5.41, 5.74) is 2.73. The van der Waals surface area contributed by atoms with Crippen molar-refractivity contribution in [3.63, 3.8) is 0 Å². The highest BCUT2D eigenvalue weighted by atomic mass is 16.2. The molecule has 0 unspecified atom stereocenters. The summed E-state index contributed by atoms with van der Waals surface area (Å²) in [7, 11) is 0. The van der Waals surface area contributed by atoms with Crippen molar-refractivity contribution in [3.8, 4) is 0 Å². The highest BCUT2D eigenvalue weighted by molar-refractivity contribution is 6.25. The van der Waals surface area contributed by atoms with Gasteiger partial charge in [0, 0.05) is 0 Å². The molecule has 1 saturated heterocycles. The molecular weight excluding hydrogens is 312 g/mol.